The Morgan fingerprint density at radius 2 is 1.86 bits per heavy atom. The summed E-state index contributed by atoms with van der Waals surface area (Å²) in [6, 6.07) is 6.60. The SMILES string of the molecule is CC(C)c1ccc(NC(=O)CC(NCCN)C(=O)O)cc1. The molecule has 0 saturated carbocycles. The number of aliphatic carboxylic acids is 1. The number of nitrogens with two attached hydrogens (primary N) is 1. The predicted molar refractivity (Wildman–Crippen MR) is 82.3 cm³/mol. The summed E-state index contributed by atoms with van der Waals surface area (Å²) in [5.41, 5.74) is 7.15. The van der Waals surface area contributed by atoms with Crippen molar-refractivity contribution in [3.63, 3.8) is 0 Å². The zero-order valence-corrected chi connectivity index (χ0v) is 12.4. The molecule has 0 aliphatic rings. The molecule has 116 valence electrons. The van der Waals surface area contributed by atoms with Crippen LogP contribution in [0, 0.1) is 0 Å². The molecule has 1 rings (SSSR count). The number of hydrogen-bond acceptors (Lipinski definition) is 4. The molecule has 0 saturated heterocycles. The Balaban J connectivity index is 2.57. The first-order valence-electron chi connectivity index (χ1n) is 7.00. The highest BCUT2D eigenvalue weighted by atomic mass is 16.4. The molecule has 1 amide bonds. The first-order chi connectivity index (χ1) is 9.93. The van der Waals surface area contributed by atoms with E-state index >= 15 is 0 Å². The third-order valence-electron chi connectivity index (χ3n) is 3.08. The van der Waals surface area contributed by atoms with E-state index in [-0.39, 0.29) is 12.3 Å². The van der Waals surface area contributed by atoms with Gasteiger partial charge in [-0.2, -0.15) is 0 Å². The number of carboxylic acids is 1. The van der Waals surface area contributed by atoms with Gasteiger partial charge in [-0.3, -0.25) is 9.59 Å². The summed E-state index contributed by atoms with van der Waals surface area (Å²) in [5.74, 6) is -0.982. The molecule has 6 heteroatoms. The minimum absolute atomic E-state index is 0.138. The van der Waals surface area contributed by atoms with Crippen LogP contribution >= 0.6 is 0 Å². The van der Waals surface area contributed by atoms with Crippen molar-refractivity contribution in [1.82, 2.24) is 5.32 Å². The lowest BCUT2D eigenvalue weighted by Crippen LogP contribution is -2.41. The molecule has 0 aromatic heterocycles. The average molecular weight is 293 g/mol. The minimum atomic E-state index is -1.06. The molecule has 0 bridgehead atoms. The number of nitrogens with one attached hydrogen (secondary N) is 2. The van der Waals surface area contributed by atoms with Gasteiger partial charge in [0.2, 0.25) is 5.91 Å². The van der Waals surface area contributed by atoms with Crippen molar-refractivity contribution in [3.05, 3.63) is 29.8 Å². The third kappa shape index (κ3) is 5.93. The van der Waals surface area contributed by atoms with Crippen molar-refractivity contribution in [1.29, 1.82) is 0 Å². The molecule has 0 fully saturated rings. The lowest BCUT2D eigenvalue weighted by Gasteiger charge is -2.14. The van der Waals surface area contributed by atoms with Gasteiger partial charge in [0.25, 0.3) is 0 Å². The predicted octanol–water partition coefficient (Wildman–Crippen LogP) is 1.14. The van der Waals surface area contributed by atoms with E-state index in [1.165, 1.54) is 5.56 Å². The summed E-state index contributed by atoms with van der Waals surface area (Å²) < 4.78 is 0. The van der Waals surface area contributed by atoms with Crippen LogP contribution in [-0.4, -0.2) is 36.1 Å². The Bertz CT molecular complexity index is 472. The summed E-state index contributed by atoms with van der Waals surface area (Å²) >= 11 is 0. The molecule has 1 aromatic rings. The quantitative estimate of drug-likeness (QED) is 0.575. The van der Waals surface area contributed by atoms with Gasteiger partial charge < -0.3 is 21.5 Å². The number of anilines is 1. The molecule has 0 spiro atoms. The lowest BCUT2D eigenvalue weighted by atomic mass is 10.0. The van der Waals surface area contributed by atoms with Crippen LogP contribution in [0.3, 0.4) is 0 Å². The van der Waals surface area contributed by atoms with Gasteiger partial charge in [-0.25, -0.2) is 0 Å². The fourth-order valence-corrected chi connectivity index (χ4v) is 1.85. The molecule has 0 radical (unpaired) electrons. The Hall–Kier alpha value is -1.92. The van der Waals surface area contributed by atoms with E-state index in [2.05, 4.69) is 24.5 Å². The van der Waals surface area contributed by atoms with Gasteiger partial charge in [0, 0.05) is 18.8 Å². The molecule has 1 aromatic carbocycles. The van der Waals surface area contributed by atoms with E-state index in [1.54, 1.807) is 0 Å². The van der Waals surface area contributed by atoms with Gasteiger partial charge >= 0.3 is 5.97 Å². The van der Waals surface area contributed by atoms with Crippen molar-refractivity contribution in [2.24, 2.45) is 5.73 Å². The van der Waals surface area contributed by atoms with Crippen LogP contribution in [0.4, 0.5) is 5.69 Å². The molecule has 0 aliphatic heterocycles. The highest BCUT2D eigenvalue weighted by Crippen LogP contribution is 2.17. The number of carbonyl (C=O) groups is 2. The maximum atomic E-state index is 11.9. The smallest absolute Gasteiger partial charge is 0.321 e. The van der Waals surface area contributed by atoms with Gasteiger partial charge in [-0.1, -0.05) is 26.0 Å². The molecule has 21 heavy (non-hydrogen) atoms. The third-order valence-corrected chi connectivity index (χ3v) is 3.08. The van der Waals surface area contributed by atoms with Crippen molar-refractivity contribution in [3.8, 4) is 0 Å². The van der Waals surface area contributed by atoms with E-state index in [1.807, 2.05) is 24.3 Å². The van der Waals surface area contributed by atoms with E-state index in [4.69, 9.17) is 10.8 Å². The van der Waals surface area contributed by atoms with Crippen LogP contribution in [0.2, 0.25) is 0 Å². The number of carboxylic acid groups (broad SMARTS) is 1. The molecule has 6 nitrogen and oxygen atoms in total. The van der Waals surface area contributed by atoms with Crippen LogP contribution in [0.15, 0.2) is 24.3 Å². The Morgan fingerprint density at radius 3 is 2.33 bits per heavy atom. The van der Waals surface area contributed by atoms with Gasteiger partial charge in [-0.15, -0.1) is 0 Å². The second-order valence-electron chi connectivity index (χ2n) is 5.16. The van der Waals surface area contributed by atoms with Gasteiger partial charge in [0.1, 0.15) is 6.04 Å². The number of carbonyl (C=O) groups excluding carboxylic acids is 1. The van der Waals surface area contributed by atoms with Crippen molar-refractivity contribution < 1.29 is 14.7 Å². The minimum Gasteiger partial charge on any atom is -0.480 e. The summed E-state index contributed by atoms with van der Waals surface area (Å²) in [7, 11) is 0. The van der Waals surface area contributed by atoms with E-state index in [0.717, 1.165) is 0 Å². The number of hydrogen-bond donors (Lipinski definition) is 4. The molecule has 1 unspecified atom stereocenters. The van der Waals surface area contributed by atoms with Crippen LogP contribution in [0.1, 0.15) is 31.7 Å². The van der Waals surface area contributed by atoms with E-state index < -0.39 is 12.0 Å². The highest BCUT2D eigenvalue weighted by molar-refractivity contribution is 5.94. The fraction of sp³-hybridized carbons (Fsp3) is 0.467. The average Bonchev–Trinajstić information content (AvgIpc) is 2.43. The Kier molecular flexibility index (Phi) is 6.84. The second kappa shape index (κ2) is 8.39. The number of rotatable bonds is 8. The maximum absolute atomic E-state index is 11.9. The standard InChI is InChI=1S/C15H23N3O3/c1-10(2)11-3-5-12(6-4-11)18-14(19)9-13(15(20)21)17-8-7-16/h3-6,10,13,17H,7-9,16H2,1-2H3,(H,18,19)(H,20,21). The molecular weight excluding hydrogens is 270 g/mol. The second-order valence-corrected chi connectivity index (χ2v) is 5.16. The van der Waals surface area contributed by atoms with Gasteiger partial charge in [0.05, 0.1) is 6.42 Å². The van der Waals surface area contributed by atoms with Crippen LogP contribution in [0.5, 0.6) is 0 Å². The maximum Gasteiger partial charge on any atom is 0.321 e. The van der Waals surface area contributed by atoms with Crippen molar-refractivity contribution in [2.75, 3.05) is 18.4 Å². The topological polar surface area (TPSA) is 104 Å². The summed E-state index contributed by atoms with van der Waals surface area (Å²) in [4.78, 5) is 22.9. The monoisotopic (exact) mass is 293 g/mol. The zero-order chi connectivity index (χ0) is 15.8. The van der Waals surface area contributed by atoms with E-state index in [0.29, 0.717) is 24.7 Å². The molecule has 1 atom stereocenters. The first kappa shape index (κ1) is 17.1. The van der Waals surface area contributed by atoms with Crippen LogP contribution in [-0.2, 0) is 9.59 Å². The molecular formula is C15H23N3O3. The summed E-state index contributed by atoms with van der Waals surface area (Å²) in [6.45, 7) is 4.86. The Morgan fingerprint density at radius 1 is 1.24 bits per heavy atom. The number of benzene rings is 1. The molecule has 5 N–H and O–H groups in total. The lowest BCUT2D eigenvalue weighted by molar-refractivity contribution is -0.141. The van der Waals surface area contributed by atoms with Crippen molar-refractivity contribution >= 4 is 17.6 Å². The highest BCUT2D eigenvalue weighted by Gasteiger charge is 2.20. The van der Waals surface area contributed by atoms with Crippen LogP contribution in [0.25, 0.3) is 0 Å². The fourth-order valence-electron chi connectivity index (χ4n) is 1.85. The van der Waals surface area contributed by atoms with Crippen LogP contribution < -0.4 is 16.4 Å². The first-order valence-corrected chi connectivity index (χ1v) is 7.00. The molecule has 0 heterocycles. The number of amides is 1. The molecule has 0 aliphatic carbocycles. The normalized spacial score (nSPS) is 12.2. The largest absolute Gasteiger partial charge is 0.480 e. The van der Waals surface area contributed by atoms with Gasteiger partial charge in [0.15, 0.2) is 0 Å². The zero-order valence-electron chi connectivity index (χ0n) is 12.4. The summed E-state index contributed by atoms with van der Waals surface area (Å²) in [6.07, 6.45) is -0.138. The van der Waals surface area contributed by atoms with E-state index in [9.17, 15) is 9.59 Å². The summed E-state index contributed by atoms with van der Waals surface area (Å²) in [5, 5.41) is 14.4. The van der Waals surface area contributed by atoms with Crippen molar-refractivity contribution in [2.45, 2.75) is 32.2 Å². The Labute approximate surface area is 124 Å². The van der Waals surface area contributed by atoms with Gasteiger partial charge in [-0.05, 0) is 23.6 Å².